The molecular formula is C22H26N2O4S2. The molecule has 2 aromatic rings. The lowest BCUT2D eigenvalue weighted by atomic mass is 9.88. The second-order valence-electron chi connectivity index (χ2n) is 7.65. The van der Waals surface area contributed by atoms with E-state index in [9.17, 15) is 14.4 Å². The lowest BCUT2D eigenvalue weighted by molar-refractivity contribution is 0.0937. The molecule has 2 N–H and O–H groups in total. The third-order valence-electron chi connectivity index (χ3n) is 4.86. The first-order valence-electron chi connectivity index (χ1n) is 9.90. The van der Waals surface area contributed by atoms with E-state index in [2.05, 4.69) is 36.1 Å². The van der Waals surface area contributed by atoms with E-state index in [1.54, 1.807) is 23.9 Å². The molecule has 1 aliphatic carbocycles. The zero-order valence-electron chi connectivity index (χ0n) is 17.5. The largest absolute Gasteiger partial charge is 0.453 e. The summed E-state index contributed by atoms with van der Waals surface area (Å²) in [5, 5.41) is 6.05. The van der Waals surface area contributed by atoms with E-state index in [0.717, 1.165) is 34.6 Å². The molecule has 0 aliphatic heterocycles. The summed E-state index contributed by atoms with van der Waals surface area (Å²) >= 11 is 3.14. The number of hydrogen-bond donors (Lipinski definition) is 2. The standard InChI is InChI=1S/C22H26N2O4S2/c1-12(2)29-15-8-6-14(7-9-15)19(25)23-21-18(20(26)24-22(27)28-4)16-10-5-13(3)11-17(16)30-21/h6-9,12-13H,5,10-11H2,1-4H3,(H,23,25)(H,24,26,27). The van der Waals surface area contributed by atoms with Crippen LogP contribution in [0.15, 0.2) is 29.2 Å². The monoisotopic (exact) mass is 446 g/mol. The lowest BCUT2D eigenvalue weighted by Crippen LogP contribution is -2.31. The van der Waals surface area contributed by atoms with Crippen molar-refractivity contribution in [3.8, 4) is 0 Å². The summed E-state index contributed by atoms with van der Waals surface area (Å²) in [7, 11) is 1.21. The summed E-state index contributed by atoms with van der Waals surface area (Å²) < 4.78 is 4.55. The van der Waals surface area contributed by atoms with Crippen molar-refractivity contribution in [1.29, 1.82) is 0 Å². The Balaban J connectivity index is 1.86. The normalized spacial score (nSPS) is 15.4. The number of carbonyl (C=O) groups is 3. The van der Waals surface area contributed by atoms with Gasteiger partial charge in [-0.3, -0.25) is 14.9 Å². The maximum Gasteiger partial charge on any atom is 0.413 e. The van der Waals surface area contributed by atoms with Crippen molar-refractivity contribution in [1.82, 2.24) is 5.32 Å². The zero-order valence-corrected chi connectivity index (χ0v) is 19.2. The fourth-order valence-electron chi connectivity index (χ4n) is 3.42. The molecule has 3 amide bonds. The molecule has 0 fully saturated rings. The van der Waals surface area contributed by atoms with Crippen LogP contribution in [0.5, 0.6) is 0 Å². The van der Waals surface area contributed by atoms with Gasteiger partial charge in [0.2, 0.25) is 0 Å². The van der Waals surface area contributed by atoms with Gasteiger partial charge in [0.05, 0.1) is 12.7 Å². The fraction of sp³-hybridized carbons (Fsp3) is 0.409. The van der Waals surface area contributed by atoms with Crippen LogP contribution in [0.25, 0.3) is 0 Å². The average molecular weight is 447 g/mol. The number of nitrogens with one attached hydrogen (secondary N) is 2. The summed E-state index contributed by atoms with van der Waals surface area (Å²) in [6.07, 6.45) is 1.74. The fourth-order valence-corrected chi connectivity index (χ4v) is 5.66. The summed E-state index contributed by atoms with van der Waals surface area (Å²) in [6.45, 7) is 6.41. The first kappa shape index (κ1) is 22.4. The number of hydrogen-bond acceptors (Lipinski definition) is 6. The van der Waals surface area contributed by atoms with Crippen molar-refractivity contribution in [3.63, 3.8) is 0 Å². The quantitative estimate of drug-likeness (QED) is 0.623. The van der Waals surface area contributed by atoms with Crippen LogP contribution in [0.2, 0.25) is 0 Å². The molecule has 0 saturated heterocycles. The number of fused-ring (bicyclic) bond motifs is 1. The van der Waals surface area contributed by atoms with Crippen LogP contribution in [0.1, 0.15) is 58.3 Å². The number of benzene rings is 1. The van der Waals surface area contributed by atoms with Gasteiger partial charge in [-0.05, 0) is 55.0 Å². The van der Waals surface area contributed by atoms with Gasteiger partial charge in [0, 0.05) is 20.6 Å². The van der Waals surface area contributed by atoms with Crippen LogP contribution in [0.3, 0.4) is 0 Å². The van der Waals surface area contributed by atoms with Crippen LogP contribution < -0.4 is 10.6 Å². The van der Waals surface area contributed by atoms with Gasteiger partial charge in [0.1, 0.15) is 5.00 Å². The number of rotatable bonds is 5. The number of amides is 3. The number of thiophene rings is 1. The molecule has 1 unspecified atom stereocenters. The molecule has 1 aromatic heterocycles. The Morgan fingerprint density at radius 2 is 1.87 bits per heavy atom. The molecule has 160 valence electrons. The highest BCUT2D eigenvalue weighted by atomic mass is 32.2. The molecule has 30 heavy (non-hydrogen) atoms. The van der Waals surface area contributed by atoms with E-state index in [1.807, 2.05) is 12.1 Å². The topological polar surface area (TPSA) is 84.5 Å². The van der Waals surface area contributed by atoms with Crippen LogP contribution in [-0.2, 0) is 17.6 Å². The number of methoxy groups -OCH3 is 1. The van der Waals surface area contributed by atoms with Gasteiger partial charge in [0.15, 0.2) is 0 Å². The SMILES string of the molecule is COC(=O)NC(=O)c1c(NC(=O)c2ccc(SC(C)C)cc2)sc2c1CCC(C)C2. The van der Waals surface area contributed by atoms with Gasteiger partial charge < -0.3 is 10.1 Å². The second kappa shape index (κ2) is 9.66. The second-order valence-corrected chi connectivity index (χ2v) is 10.4. The van der Waals surface area contributed by atoms with Crippen molar-refractivity contribution in [2.24, 2.45) is 5.92 Å². The van der Waals surface area contributed by atoms with E-state index < -0.39 is 12.0 Å². The number of imide groups is 1. The maximum atomic E-state index is 12.8. The average Bonchev–Trinajstić information content (AvgIpc) is 3.04. The van der Waals surface area contributed by atoms with Crippen LogP contribution >= 0.6 is 23.1 Å². The molecule has 3 rings (SSSR count). The van der Waals surface area contributed by atoms with Crippen molar-refractivity contribution >= 4 is 46.0 Å². The highest BCUT2D eigenvalue weighted by Crippen LogP contribution is 2.40. The van der Waals surface area contributed by atoms with Gasteiger partial charge in [-0.15, -0.1) is 23.1 Å². The highest BCUT2D eigenvalue weighted by molar-refractivity contribution is 7.99. The molecule has 1 aliphatic rings. The minimum Gasteiger partial charge on any atom is -0.453 e. The van der Waals surface area contributed by atoms with Crippen LogP contribution in [-0.4, -0.2) is 30.3 Å². The predicted octanol–water partition coefficient (Wildman–Crippen LogP) is 5.12. The van der Waals surface area contributed by atoms with Crippen LogP contribution in [0.4, 0.5) is 9.80 Å². The Morgan fingerprint density at radius 1 is 1.17 bits per heavy atom. The third kappa shape index (κ3) is 5.23. The van der Waals surface area contributed by atoms with E-state index in [4.69, 9.17) is 0 Å². The number of anilines is 1. The van der Waals surface area contributed by atoms with Crippen molar-refractivity contribution in [3.05, 3.63) is 45.8 Å². The minimum absolute atomic E-state index is 0.283. The number of carbonyl (C=O) groups excluding carboxylic acids is 3. The first-order chi connectivity index (χ1) is 14.3. The van der Waals surface area contributed by atoms with Gasteiger partial charge in [0.25, 0.3) is 11.8 Å². The summed E-state index contributed by atoms with van der Waals surface area (Å²) in [5.41, 5.74) is 1.80. The van der Waals surface area contributed by atoms with Gasteiger partial charge >= 0.3 is 6.09 Å². The Hall–Kier alpha value is -2.32. The summed E-state index contributed by atoms with van der Waals surface area (Å²) in [6, 6.07) is 7.41. The van der Waals surface area contributed by atoms with E-state index in [-0.39, 0.29) is 5.91 Å². The van der Waals surface area contributed by atoms with Crippen molar-refractivity contribution < 1.29 is 19.1 Å². The molecule has 6 nitrogen and oxygen atoms in total. The molecule has 1 atom stereocenters. The maximum absolute atomic E-state index is 12.8. The lowest BCUT2D eigenvalue weighted by Gasteiger charge is -2.18. The predicted molar refractivity (Wildman–Crippen MR) is 121 cm³/mol. The number of ether oxygens (including phenoxy) is 1. The number of alkyl carbamates (subject to hydrolysis) is 1. The Kier molecular flexibility index (Phi) is 7.20. The Morgan fingerprint density at radius 3 is 2.50 bits per heavy atom. The summed E-state index contributed by atoms with van der Waals surface area (Å²) in [5.74, 6) is -0.315. The van der Waals surface area contributed by atoms with E-state index >= 15 is 0 Å². The molecule has 0 radical (unpaired) electrons. The third-order valence-corrected chi connectivity index (χ3v) is 7.04. The summed E-state index contributed by atoms with van der Waals surface area (Å²) in [4.78, 5) is 39.3. The minimum atomic E-state index is -0.820. The zero-order chi connectivity index (χ0) is 21.8. The molecule has 1 heterocycles. The molecule has 0 bridgehead atoms. The molecule has 0 spiro atoms. The van der Waals surface area contributed by atoms with Gasteiger partial charge in [-0.2, -0.15) is 0 Å². The molecule has 0 saturated carbocycles. The van der Waals surface area contributed by atoms with Crippen LogP contribution in [0, 0.1) is 5.92 Å². The number of thioether (sulfide) groups is 1. The first-order valence-corrected chi connectivity index (χ1v) is 11.6. The molecule has 1 aromatic carbocycles. The Labute approximate surface area is 184 Å². The molecule has 8 heteroatoms. The van der Waals surface area contributed by atoms with E-state index in [1.165, 1.54) is 18.4 Å². The van der Waals surface area contributed by atoms with E-state index in [0.29, 0.717) is 27.3 Å². The Bertz CT molecular complexity index is 951. The molecular weight excluding hydrogens is 420 g/mol. The van der Waals surface area contributed by atoms with Gasteiger partial charge in [-0.1, -0.05) is 20.8 Å². The van der Waals surface area contributed by atoms with Crippen molar-refractivity contribution in [2.75, 3.05) is 12.4 Å². The van der Waals surface area contributed by atoms with Crippen molar-refractivity contribution in [2.45, 2.75) is 50.2 Å². The highest BCUT2D eigenvalue weighted by Gasteiger charge is 2.29. The van der Waals surface area contributed by atoms with Gasteiger partial charge in [-0.25, -0.2) is 4.79 Å². The smallest absolute Gasteiger partial charge is 0.413 e.